The van der Waals surface area contributed by atoms with Gasteiger partial charge in [-0.15, -0.1) is 0 Å². The smallest absolute Gasteiger partial charge is 0.244 e. The zero-order valence-electron chi connectivity index (χ0n) is 13.4. The molecule has 1 heterocycles. The fourth-order valence-electron chi connectivity index (χ4n) is 2.31. The van der Waals surface area contributed by atoms with Gasteiger partial charge in [-0.3, -0.25) is 0 Å². The monoisotopic (exact) mass is 322 g/mol. The maximum absolute atomic E-state index is 12.5. The van der Waals surface area contributed by atoms with E-state index < -0.39 is 10.0 Å². The van der Waals surface area contributed by atoms with Crippen LogP contribution in [0.4, 0.5) is 0 Å². The molecule has 0 spiro atoms. The van der Waals surface area contributed by atoms with Gasteiger partial charge in [0.1, 0.15) is 4.90 Å². The zero-order valence-corrected chi connectivity index (χ0v) is 14.2. The number of rotatable bonds is 6. The molecule has 0 amide bonds. The number of nitrogens with one attached hydrogen (secondary N) is 1. The lowest BCUT2D eigenvalue weighted by atomic mass is 10.3. The maximum atomic E-state index is 12.5. The molecule has 2 aromatic rings. The van der Waals surface area contributed by atoms with Crippen molar-refractivity contribution in [3.05, 3.63) is 41.7 Å². The summed E-state index contributed by atoms with van der Waals surface area (Å²) in [5.74, 6) is 0. The van der Waals surface area contributed by atoms with Crippen molar-refractivity contribution in [2.24, 2.45) is 0 Å². The van der Waals surface area contributed by atoms with E-state index in [1.165, 1.54) is 0 Å². The number of aromatic nitrogens is 2. The molecule has 1 aromatic heterocycles. The van der Waals surface area contributed by atoms with Gasteiger partial charge in [-0.1, -0.05) is 18.2 Å². The van der Waals surface area contributed by atoms with Gasteiger partial charge in [0.15, 0.2) is 0 Å². The van der Waals surface area contributed by atoms with Gasteiger partial charge in [-0.05, 0) is 40.1 Å². The Morgan fingerprint density at radius 3 is 2.41 bits per heavy atom. The number of aryl methyl sites for hydroxylation is 1. The summed E-state index contributed by atoms with van der Waals surface area (Å²) >= 11 is 0. The lowest BCUT2D eigenvalue weighted by Gasteiger charge is -2.11. The minimum atomic E-state index is -3.56. The van der Waals surface area contributed by atoms with E-state index in [-0.39, 0.29) is 4.90 Å². The highest BCUT2D eigenvalue weighted by atomic mass is 32.2. The van der Waals surface area contributed by atoms with Crippen molar-refractivity contribution >= 4 is 10.0 Å². The second-order valence-corrected chi connectivity index (χ2v) is 7.15. The average molecular weight is 322 g/mol. The molecule has 22 heavy (non-hydrogen) atoms. The summed E-state index contributed by atoms with van der Waals surface area (Å²) in [5, 5.41) is 4.38. The molecule has 1 N–H and O–H groups in total. The molecule has 0 aliphatic heterocycles. The Kier molecular flexibility index (Phi) is 5.00. The van der Waals surface area contributed by atoms with Crippen molar-refractivity contribution in [3.63, 3.8) is 0 Å². The van der Waals surface area contributed by atoms with Gasteiger partial charge in [-0.2, -0.15) is 5.10 Å². The second-order valence-electron chi connectivity index (χ2n) is 5.45. The SMILES string of the molecule is Cc1nn(-c2ccccc2)c(C)c1S(=O)(=O)NCCN(C)C. The van der Waals surface area contributed by atoms with Crippen LogP contribution in [0.15, 0.2) is 35.2 Å². The van der Waals surface area contributed by atoms with Crippen LogP contribution in [0.5, 0.6) is 0 Å². The van der Waals surface area contributed by atoms with E-state index in [1.807, 2.05) is 49.3 Å². The van der Waals surface area contributed by atoms with E-state index in [4.69, 9.17) is 0 Å². The van der Waals surface area contributed by atoms with Crippen molar-refractivity contribution in [3.8, 4) is 5.69 Å². The van der Waals surface area contributed by atoms with Crippen molar-refractivity contribution < 1.29 is 8.42 Å². The van der Waals surface area contributed by atoms with Crippen molar-refractivity contribution in [2.45, 2.75) is 18.7 Å². The first-order valence-corrected chi connectivity index (χ1v) is 8.57. The third-order valence-electron chi connectivity index (χ3n) is 3.35. The highest BCUT2D eigenvalue weighted by molar-refractivity contribution is 7.89. The van der Waals surface area contributed by atoms with Crippen LogP contribution >= 0.6 is 0 Å². The Hall–Kier alpha value is -1.70. The van der Waals surface area contributed by atoms with Crippen molar-refractivity contribution in [1.82, 2.24) is 19.4 Å². The van der Waals surface area contributed by atoms with E-state index >= 15 is 0 Å². The molecule has 0 unspecified atom stereocenters. The van der Waals surface area contributed by atoms with Gasteiger partial charge in [0.2, 0.25) is 10.0 Å². The van der Waals surface area contributed by atoms with Gasteiger partial charge in [0.05, 0.1) is 17.1 Å². The largest absolute Gasteiger partial charge is 0.308 e. The highest BCUT2D eigenvalue weighted by Crippen LogP contribution is 2.22. The van der Waals surface area contributed by atoms with E-state index in [0.29, 0.717) is 24.5 Å². The van der Waals surface area contributed by atoms with Crippen molar-refractivity contribution in [2.75, 3.05) is 27.2 Å². The summed E-state index contributed by atoms with van der Waals surface area (Å²) in [5.41, 5.74) is 1.96. The van der Waals surface area contributed by atoms with Crippen LogP contribution in [0, 0.1) is 13.8 Å². The quantitative estimate of drug-likeness (QED) is 0.871. The summed E-state index contributed by atoms with van der Waals surface area (Å²) in [4.78, 5) is 2.19. The fraction of sp³-hybridized carbons (Fsp3) is 0.400. The lowest BCUT2D eigenvalue weighted by molar-refractivity contribution is 0.412. The Morgan fingerprint density at radius 2 is 1.82 bits per heavy atom. The van der Waals surface area contributed by atoms with Crippen LogP contribution in [-0.4, -0.2) is 50.3 Å². The van der Waals surface area contributed by atoms with Crippen LogP contribution in [0.1, 0.15) is 11.4 Å². The molecule has 0 radical (unpaired) electrons. The van der Waals surface area contributed by atoms with E-state index in [0.717, 1.165) is 5.69 Å². The summed E-state index contributed by atoms with van der Waals surface area (Å²) in [6.45, 7) is 4.50. The standard InChI is InChI=1S/C15H22N4O2S/c1-12-15(22(20,21)16-10-11-18(3)4)13(2)19(17-12)14-8-6-5-7-9-14/h5-9,16H,10-11H2,1-4H3. The first kappa shape index (κ1) is 16.7. The topological polar surface area (TPSA) is 67.2 Å². The summed E-state index contributed by atoms with van der Waals surface area (Å²) in [7, 11) is 0.238. The molecule has 0 saturated carbocycles. The molecule has 7 heteroatoms. The minimum Gasteiger partial charge on any atom is -0.308 e. The molecule has 0 aliphatic rings. The number of likely N-dealkylation sites (N-methyl/N-ethyl adjacent to an activating group) is 1. The van der Waals surface area contributed by atoms with E-state index in [2.05, 4.69) is 9.82 Å². The van der Waals surface area contributed by atoms with Crippen LogP contribution in [0.25, 0.3) is 5.69 Å². The lowest BCUT2D eigenvalue weighted by Crippen LogP contribution is -2.31. The first-order valence-electron chi connectivity index (χ1n) is 7.09. The van der Waals surface area contributed by atoms with Crippen LogP contribution in [-0.2, 0) is 10.0 Å². The minimum absolute atomic E-state index is 0.259. The predicted octanol–water partition coefficient (Wildman–Crippen LogP) is 1.33. The summed E-state index contributed by atoms with van der Waals surface area (Å²) < 4.78 is 29.3. The molecule has 6 nitrogen and oxygen atoms in total. The van der Waals surface area contributed by atoms with Gasteiger partial charge in [0.25, 0.3) is 0 Å². The van der Waals surface area contributed by atoms with Gasteiger partial charge in [0, 0.05) is 13.1 Å². The van der Waals surface area contributed by atoms with Gasteiger partial charge < -0.3 is 4.90 Å². The van der Waals surface area contributed by atoms with E-state index in [9.17, 15) is 8.42 Å². The Bertz CT molecular complexity index is 736. The number of nitrogens with zero attached hydrogens (tertiary/aromatic N) is 3. The molecule has 2 rings (SSSR count). The van der Waals surface area contributed by atoms with Gasteiger partial charge in [-0.25, -0.2) is 17.8 Å². The number of sulfonamides is 1. The molecule has 0 atom stereocenters. The summed E-state index contributed by atoms with van der Waals surface area (Å²) in [6, 6.07) is 9.50. The van der Waals surface area contributed by atoms with Crippen molar-refractivity contribution in [1.29, 1.82) is 0 Å². The Balaban J connectivity index is 2.34. The molecule has 0 saturated heterocycles. The maximum Gasteiger partial charge on any atom is 0.244 e. The molecule has 0 fully saturated rings. The molecule has 1 aromatic carbocycles. The third-order valence-corrected chi connectivity index (χ3v) is 5.06. The molecular formula is C15H22N4O2S. The Morgan fingerprint density at radius 1 is 1.18 bits per heavy atom. The average Bonchev–Trinajstić information content (AvgIpc) is 2.75. The second kappa shape index (κ2) is 6.60. The predicted molar refractivity (Wildman–Crippen MR) is 86.8 cm³/mol. The fourth-order valence-corrected chi connectivity index (χ4v) is 3.72. The summed E-state index contributed by atoms with van der Waals surface area (Å²) in [6.07, 6.45) is 0. The molecule has 120 valence electrons. The number of hydrogen-bond acceptors (Lipinski definition) is 4. The number of hydrogen-bond donors (Lipinski definition) is 1. The molecular weight excluding hydrogens is 300 g/mol. The van der Waals surface area contributed by atoms with Crippen LogP contribution < -0.4 is 4.72 Å². The Labute approximate surface area is 131 Å². The first-order chi connectivity index (χ1) is 10.3. The third kappa shape index (κ3) is 3.55. The number of para-hydroxylation sites is 1. The van der Waals surface area contributed by atoms with E-state index in [1.54, 1.807) is 18.5 Å². The zero-order chi connectivity index (χ0) is 16.3. The molecule has 0 aliphatic carbocycles. The van der Waals surface area contributed by atoms with Crippen LogP contribution in [0.3, 0.4) is 0 Å². The van der Waals surface area contributed by atoms with Crippen LogP contribution in [0.2, 0.25) is 0 Å². The highest BCUT2D eigenvalue weighted by Gasteiger charge is 2.24. The van der Waals surface area contributed by atoms with Gasteiger partial charge >= 0.3 is 0 Å². The normalized spacial score (nSPS) is 12.0. The number of benzene rings is 1. The molecule has 0 bridgehead atoms.